The summed E-state index contributed by atoms with van der Waals surface area (Å²) in [6.07, 6.45) is -0.169. The normalized spacial score (nSPS) is 23.0. The summed E-state index contributed by atoms with van der Waals surface area (Å²) in [5, 5.41) is 5.33. The van der Waals surface area contributed by atoms with Crippen LogP contribution in [0.5, 0.6) is 0 Å². The van der Waals surface area contributed by atoms with Crippen molar-refractivity contribution >= 4 is 24.2 Å². The van der Waals surface area contributed by atoms with Gasteiger partial charge < -0.3 is 20.2 Å². The van der Waals surface area contributed by atoms with Crippen molar-refractivity contribution in [2.45, 2.75) is 82.9 Å². The third kappa shape index (κ3) is 7.43. The van der Waals surface area contributed by atoms with Crippen molar-refractivity contribution in [2.24, 2.45) is 11.8 Å². The number of hydrogen-bond acceptors (Lipinski definition) is 5. The van der Waals surface area contributed by atoms with Crippen LogP contribution in [0.25, 0.3) is 0 Å². The van der Waals surface area contributed by atoms with Gasteiger partial charge in [-0.3, -0.25) is 14.5 Å². The highest BCUT2D eigenvalue weighted by molar-refractivity contribution is 5.88. The second kappa shape index (κ2) is 10.9. The molecule has 10 heteroatoms. The molecule has 1 heterocycles. The number of carbonyl (C=O) groups is 4. The lowest BCUT2D eigenvalue weighted by molar-refractivity contribution is -0.130. The number of ether oxygens (including phenoxy) is 1. The second-order valence-corrected chi connectivity index (χ2v) is 8.96. The Morgan fingerprint density at radius 3 is 2.45 bits per heavy atom. The van der Waals surface area contributed by atoms with Crippen molar-refractivity contribution in [1.82, 2.24) is 15.5 Å². The van der Waals surface area contributed by atoms with Gasteiger partial charge in [-0.1, -0.05) is 13.8 Å². The van der Waals surface area contributed by atoms with Crippen LogP contribution in [-0.4, -0.2) is 66.8 Å². The highest BCUT2D eigenvalue weighted by atomic mass is 19.3. The average Bonchev–Trinajstić information content (AvgIpc) is 3.10. The molecule has 1 saturated carbocycles. The van der Waals surface area contributed by atoms with E-state index in [4.69, 9.17) is 4.74 Å². The Hall–Kier alpha value is -2.26. The number of nitrogens with zero attached hydrogens (tertiary/aromatic N) is 1. The molecule has 0 aromatic carbocycles. The monoisotopic (exact) mass is 445 g/mol. The molecule has 2 rings (SSSR count). The van der Waals surface area contributed by atoms with Crippen LogP contribution >= 0.6 is 0 Å². The van der Waals surface area contributed by atoms with E-state index < -0.39 is 36.1 Å². The van der Waals surface area contributed by atoms with E-state index in [0.29, 0.717) is 25.7 Å². The van der Waals surface area contributed by atoms with Crippen molar-refractivity contribution in [3.05, 3.63) is 0 Å². The fraction of sp³-hybridized carbons (Fsp3) is 0.810. The number of carbonyl (C=O) groups excluding carboxylic acids is 4. The van der Waals surface area contributed by atoms with E-state index in [9.17, 15) is 28.0 Å². The first-order valence-electron chi connectivity index (χ1n) is 10.9. The molecule has 1 aliphatic heterocycles. The van der Waals surface area contributed by atoms with Crippen LogP contribution in [0.1, 0.15) is 58.8 Å². The van der Waals surface area contributed by atoms with Crippen molar-refractivity contribution in [3.8, 4) is 0 Å². The van der Waals surface area contributed by atoms with Crippen molar-refractivity contribution in [1.29, 1.82) is 0 Å². The maximum Gasteiger partial charge on any atom is 0.410 e. The fourth-order valence-corrected chi connectivity index (χ4v) is 3.98. The van der Waals surface area contributed by atoms with Gasteiger partial charge in [-0.2, -0.15) is 0 Å². The summed E-state index contributed by atoms with van der Waals surface area (Å²) in [5.41, 5.74) is 0. The van der Waals surface area contributed by atoms with E-state index >= 15 is 0 Å². The van der Waals surface area contributed by atoms with Crippen LogP contribution in [0.15, 0.2) is 0 Å². The summed E-state index contributed by atoms with van der Waals surface area (Å²) >= 11 is 0. The first kappa shape index (κ1) is 25.0. The molecule has 0 aromatic rings. The van der Waals surface area contributed by atoms with Crippen LogP contribution in [0.3, 0.4) is 0 Å². The van der Waals surface area contributed by atoms with E-state index in [-0.39, 0.29) is 49.8 Å². The number of amides is 3. The number of halogens is 2. The third-order valence-corrected chi connectivity index (χ3v) is 5.88. The molecule has 2 N–H and O–H groups in total. The number of alkyl halides is 2. The quantitative estimate of drug-likeness (QED) is 0.530. The van der Waals surface area contributed by atoms with Crippen LogP contribution in [-0.2, 0) is 19.1 Å². The molecule has 31 heavy (non-hydrogen) atoms. The molecule has 176 valence electrons. The topological polar surface area (TPSA) is 105 Å². The smallest absolute Gasteiger partial charge is 0.410 e. The molecular formula is C21H33F2N3O5. The Labute approximate surface area is 181 Å². The lowest BCUT2D eigenvalue weighted by Gasteiger charge is -2.32. The molecule has 2 aliphatic rings. The first-order valence-corrected chi connectivity index (χ1v) is 10.9. The molecular weight excluding hydrogens is 412 g/mol. The molecule has 1 aliphatic carbocycles. The molecule has 0 bridgehead atoms. The zero-order valence-corrected chi connectivity index (χ0v) is 18.4. The maximum atomic E-state index is 13.3. The Kier molecular flexibility index (Phi) is 8.76. The lowest BCUT2D eigenvalue weighted by Crippen LogP contribution is -2.52. The SMILES string of the molecule is CC(C)C[C@@H](C(=O)N[C@H](C=O)C[C@@H]1CCNC1=O)N(C)C(=O)OC1CCC(F)(F)CC1. The Morgan fingerprint density at radius 2 is 1.94 bits per heavy atom. The number of rotatable bonds is 9. The Bertz CT molecular complexity index is 663. The summed E-state index contributed by atoms with van der Waals surface area (Å²) in [7, 11) is 1.42. The van der Waals surface area contributed by atoms with E-state index in [1.807, 2.05) is 13.8 Å². The number of nitrogens with one attached hydrogen (secondary N) is 2. The van der Waals surface area contributed by atoms with E-state index in [1.54, 1.807) is 0 Å². The van der Waals surface area contributed by atoms with E-state index in [0.717, 1.165) is 4.90 Å². The summed E-state index contributed by atoms with van der Waals surface area (Å²) in [6, 6.07) is -1.74. The minimum Gasteiger partial charge on any atom is -0.446 e. The molecule has 2 fully saturated rings. The van der Waals surface area contributed by atoms with Crippen molar-refractivity contribution in [2.75, 3.05) is 13.6 Å². The van der Waals surface area contributed by atoms with E-state index in [1.165, 1.54) is 7.05 Å². The van der Waals surface area contributed by atoms with Crippen molar-refractivity contribution < 1.29 is 32.7 Å². The molecule has 8 nitrogen and oxygen atoms in total. The van der Waals surface area contributed by atoms with Gasteiger partial charge in [-0.05, 0) is 38.0 Å². The largest absolute Gasteiger partial charge is 0.446 e. The fourth-order valence-electron chi connectivity index (χ4n) is 3.98. The predicted octanol–water partition coefficient (Wildman–Crippen LogP) is 2.26. The molecule has 0 aromatic heterocycles. The highest BCUT2D eigenvalue weighted by Crippen LogP contribution is 2.34. The molecule has 3 atom stereocenters. The number of hydrogen-bond donors (Lipinski definition) is 2. The maximum absolute atomic E-state index is 13.3. The van der Waals surface area contributed by atoms with Crippen LogP contribution in [0.2, 0.25) is 0 Å². The molecule has 0 unspecified atom stereocenters. The standard InChI is InChI=1S/C21H33F2N3O5/c1-13(2)10-17(19(29)25-15(12-27)11-14-6-9-24-18(14)28)26(3)20(30)31-16-4-7-21(22,23)8-5-16/h12-17H,4-11H2,1-3H3,(H,24,28)(H,25,29)/t14-,15-,17-/m0/s1. The van der Waals surface area contributed by atoms with Gasteiger partial charge in [0.15, 0.2) is 0 Å². The van der Waals surface area contributed by atoms with Crippen molar-refractivity contribution in [3.63, 3.8) is 0 Å². The van der Waals surface area contributed by atoms with Gasteiger partial charge in [0.25, 0.3) is 0 Å². The van der Waals surface area contributed by atoms with Gasteiger partial charge in [0.2, 0.25) is 17.7 Å². The van der Waals surface area contributed by atoms with Crippen LogP contribution in [0.4, 0.5) is 13.6 Å². The number of likely N-dealkylation sites (N-methyl/N-ethyl adjacent to an activating group) is 1. The zero-order valence-electron chi connectivity index (χ0n) is 18.4. The third-order valence-electron chi connectivity index (χ3n) is 5.88. The second-order valence-electron chi connectivity index (χ2n) is 8.96. The van der Waals surface area contributed by atoms with Crippen LogP contribution in [0, 0.1) is 11.8 Å². The summed E-state index contributed by atoms with van der Waals surface area (Å²) < 4.78 is 32.0. The highest BCUT2D eigenvalue weighted by Gasteiger charge is 2.38. The molecule has 0 spiro atoms. The zero-order chi connectivity index (χ0) is 23.2. The molecule has 3 amide bonds. The Morgan fingerprint density at radius 1 is 1.29 bits per heavy atom. The average molecular weight is 446 g/mol. The molecule has 1 saturated heterocycles. The van der Waals surface area contributed by atoms with Gasteiger partial charge >= 0.3 is 6.09 Å². The first-order chi connectivity index (χ1) is 14.5. The van der Waals surface area contributed by atoms with Crippen LogP contribution < -0.4 is 10.6 Å². The predicted molar refractivity (Wildman–Crippen MR) is 108 cm³/mol. The van der Waals surface area contributed by atoms with Gasteiger partial charge in [0, 0.05) is 32.4 Å². The summed E-state index contributed by atoms with van der Waals surface area (Å²) in [6.45, 7) is 4.33. The van der Waals surface area contributed by atoms with Gasteiger partial charge in [0.05, 0.1) is 6.04 Å². The number of aldehydes is 1. The summed E-state index contributed by atoms with van der Waals surface area (Å²) in [5.74, 6) is -3.66. The lowest BCUT2D eigenvalue weighted by atomic mass is 9.94. The van der Waals surface area contributed by atoms with Gasteiger partial charge in [-0.15, -0.1) is 0 Å². The van der Waals surface area contributed by atoms with Gasteiger partial charge in [0.1, 0.15) is 18.4 Å². The minimum atomic E-state index is -2.73. The van der Waals surface area contributed by atoms with Gasteiger partial charge in [-0.25, -0.2) is 13.6 Å². The van der Waals surface area contributed by atoms with E-state index in [2.05, 4.69) is 10.6 Å². The summed E-state index contributed by atoms with van der Waals surface area (Å²) in [4.78, 5) is 49.9. The Balaban J connectivity index is 1.97. The minimum absolute atomic E-state index is 0.0645. The molecule has 0 radical (unpaired) electrons.